The van der Waals surface area contributed by atoms with Crippen LogP contribution < -0.4 is 0 Å². The summed E-state index contributed by atoms with van der Waals surface area (Å²) in [7, 11) is 2.95. The van der Waals surface area contributed by atoms with Crippen LogP contribution in [-0.2, 0) is 9.53 Å². The highest BCUT2D eigenvalue weighted by Gasteiger charge is 1.96. The molecule has 0 atom stereocenters. The molecule has 0 aromatic carbocycles. The van der Waals surface area contributed by atoms with Crippen LogP contribution in [0.3, 0.4) is 0 Å². The summed E-state index contributed by atoms with van der Waals surface area (Å²) in [6.07, 6.45) is 1.03. The molecule has 0 heterocycles. The van der Waals surface area contributed by atoms with Crippen molar-refractivity contribution < 1.29 is 9.53 Å². The normalized spacial score (nSPS) is 8.75. The second kappa shape index (κ2) is 4.91. The van der Waals surface area contributed by atoms with Crippen LogP contribution in [0.15, 0.2) is 0 Å². The van der Waals surface area contributed by atoms with E-state index in [1.54, 1.807) is 0 Å². The Morgan fingerprint density at radius 2 is 2.38 bits per heavy atom. The Kier molecular flexibility index (Phi) is 4.76. The van der Waals surface area contributed by atoms with Crippen molar-refractivity contribution in [2.45, 2.75) is 12.8 Å². The number of carbonyl (C=O) groups excluding carboxylic acids is 1. The number of hydrogen-bond acceptors (Lipinski definition) is 2. The molecule has 0 spiro atoms. The van der Waals surface area contributed by atoms with E-state index in [-0.39, 0.29) is 5.97 Å². The smallest absolute Gasteiger partial charge is 0.305 e. The molecule has 0 saturated carbocycles. The molecule has 0 N–H and O–H groups in total. The zero-order valence-electron chi connectivity index (χ0n) is 4.52. The van der Waals surface area contributed by atoms with Crippen molar-refractivity contribution in [3.63, 3.8) is 0 Å². The first-order valence-electron chi connectivity index (χ1n) is 2.32. The van der Waals surface area contributed by atoms with Gasteiger partial charge in [0.25, 0.3) is 0 Å². The Morgan fingerprint density at radius 1 is 1.75 bits per heavy atom. The third kappa shape index (κ3) is 3.93. The Bertz CT molecular complexity index is 72.8. The molecule has 0 aromatic heterocycles. The van der Waals surface area contributed by atoms with Gasteiger partial charge < -0.3 is 4.74 Å². The first-order valence-corrected chi connectivity index (χ1v) is 2.85. The SMILES string of the molecule is [CH2]OC(=O)CCCCl. The Hall–Kier alpha value is -0.240. The van der Waals surface area contributed by atoms with Crippen molar-refractivity contribution in [3.8, 4) is 0 Å². The van der Waals surface area contributed by atoms with Crippen molar-refractivity contribution in [2.75, 3.05) is 5.88 Å². The van der Waals surface area contributed by atoms with E-state index in [2.05, 4.69) is 11.8 Å². The highest BCUT2D eigenvalue weighted by molar-refractivity contribution is 6.17. The molecule has 0 unspecified atom stereocenters. The zero-order valence-corrected chi connectivity index (χ0v) is 5.28. The number of halogens is 1. The van der Waals surface area contributed by atoms with E-state index >= 15 is 0 Å². The van der Waals surface area contributed by atoms with Crippen LogP contribution >= 0.6 is 11.6 Å². The Labute approximate surface area is 53.8 Å². The van der Waals surface area contributed by atoms with Crippen LogP contribution in [0.2, 0.25) is 0 Å². The molecule has 0 saturated heterocycles. The van der Waals surface area contributed by atoms with Crippen LogP contribution in [0.1, 0.15) is 12.8 Å². The lowest BCUT2D eigenvalue weighted by Gasteiger charge is -1.92. The van der Waals surface area contributed by atoms with Crippen molar-refractivity contribution in [3.05, 3.63) is 7.11 Å². The van der Waals surface area contributed by atoms with Crippen LogP contribution in [0, 0.1) is 7.11 Å². The fourth-order valence-electron chi connectivity index (χ4n) is 0.283. The summed E-state index contributed by atoms with van der Waals surface area (Å²) >= 11 is 5.27. The molecular weight excluding hydrogens is 128 g/mol. The molecule has 0 aliphatic heterocycles. The summed E-state index contributed by atoms with van der Waals surface area (Å²) in [5.41, 5.74) is 0. The average Bonchev–Trinajstić information content (AvgIpc) is 1.83. The number of esters is 1. The van der Waals surface area contributed by atoms with Gasteiger partial charge in [-0.05, 0) is 6.42 Å². The van der Waals surface area contributed by atoms with Crippen LogP contribution in [0.5, 0.6) is 0 Å². The van der Waals surface area contributed by atoms with Gasteiger partial charge in [0.05, 0.1) is 0 Å². The second-order valence-electron chi connectivity index (χ2n) is 1.31. The van der Waals surface area contributed by atoms with Gasteiger partial charge in [-0.3, -0.25) is 4.79 Å². The Morgan fingerprint density at radius 3 is 2.75 bits per heavy atom. The minimum Gasteiger partial charge on any atom is -0.462 e. The summed E-state index contributed by atoms with van der Waals surface area (Å²) < 4.78 is 4.10. The summed E-state index contributed by atoms with van der Waals surface area (Å²) in [5, 5.41) is 0. The molecule has 1 radical (unpaired) electrons. The zero-order chi connectivity index (χ0) is 6.41. The fourth-order valence-corrected chi connectivity index (χ4v) is 0.417. The summed E-state index contributed by atoms with van der Waals surface area (Å²) in [4.78, 5) is 10.2. The van der Waals surface area contributed by atoms with Gasteiger partial charge in [0.15, 0.2) is 0 Å². The summed E-state index contributed by atoms with van der Waals surface area (Å²) in [6.45, 7) is 0. The van der Waals surface area contributed by atoms with Gasteiger partial charge >= 0.3 is 5.97 Å². The van der Waals surface area contributed by atoms with Crippen molar-refractivity contribution in [1.82, 2.24) is 0 Å². The van der Waals surface area contributed by atoms with Crippen LogP contribution in [-0.4, -0.2) is 11.8 Å². The summed E-state index contributed by atoms with van der Waals surface area (Å²) in [5.74, 6) is 0.195. The van der Waals surface area contributed by atoms with Gasteiger partial charge in [0.1, 0.15) is 7.11 Å². The van der Waals surface area contributed by atoms with Gasteiger partial charge in [-0.2, -0.15) is 0 Å². The fraction of sp³-hybridized carbons (Fsp3) is 0.600. The van der Waals surface area contributed by atoms with E-state index in [4.69, 9.17) is 11.6 Å². The predicted molar refractivity (Wildman–Crippen MR) is 31.4 cm³/mol. The van der Waals surface area contributed by atoms with Gasteiger partial charge in [-0.1, -0.05) is 0 Å². The summed E-state index contributed by atoms with van der Waals surface area (Å²) in [6, 6.07) is 0. The number of alkyl halides is 1. The minimum atomic E-state index is -0.300. The topological polar surface area (TPSA) is 26.3 Å². The highest BCUT2D eigenvalue weighted by atomic mass is 35.5. The van der Waals surface area contributed by atoms with E-state index in [0.717, 1.165) is 0 Å². The molecule has 0 bridgehead atoms. The van der Waals surface area contributed by atoms with Crippen molar-refractivity contribution >= 4 is 17.6 Å². The van der Waals surface area contributed by atoms with E-state index in [1.165, 1.54) is 0 Å². The first kappa shape index (κ1) is 7.76. The molecule has 0 aliphatic carbocycles. The third-order valence-electron chi connectivity index (χ3n) is 0.676. The standard InChI is InChI=1S/C5H8ClO2/c1-8-5(7)3-2-4-6/h1-4H2. The molecule has 3 heteroatoms. The third-order valence-corrected chi connectivity index (χ3v) is 0.943. The molecule has 0 aliphatic rings. The lowest BCUT2D eigenvalue weighted by atomic mass is 10.3. The van der Waals surface area contributed by atoms with Gasteiger partial charge in [0.2, 0.25) is 0 Å². The molecule has 0 rings (SSSR count). The minimum absolute atomic E-state index is 0.300. The highest BCUT2D eigenvalue weighted by Crippen LogP contribution is 1.92. The molecule has 0 fully saturated rings. The maximum Gasteiger partial charge on any atom is 0.305 e. The van der Waals surface area contributed by atoms with Gasteiger partial charge in [-0.15, -0.1) is 11.6 Å². The monoisotopic (exact) mass is 135 g/mol. The molecule has 0 aromatic rings. The predicted octanol–water partition coefficient (Wildman–Crippen LogP) is 1.34. The van der Waals surface area contributed by atoms with Gasteiger partial charge in [-0.25, -0.2) is 0 Å². The molecule has 8 heavy (non-hydrogen) atoms. The van der Waals surface area contributed by atoms with E-state index in [0.29, 0.717) is 18.7 Å². The largest absolute Gasteiger partial charge is 0.462 e. The van der Waals surface area contributed by atoms with E-state index in [9.17, 15) is 4.79 Å². The average molecular weight is 136 g/mol. The molecule has 47 valence electrons. The number of rotatable bonds is 3. The Balaban J connectivity index is 2.99. The molecule has 2 nitrogen and oxygen atoms in total. The van der Waals surface area contributed by atoms with E-state index in [1.807, 2.05) is 0 Å². The van der Waals surface area contributed by atoms with E-state index < -0.39 is 0 Å². The second-order valence-corrected chi connectivity index (χ2v) is 1.69. The molecular formula is C5H8ClO2. The number of hydrogen-bond donors (Lipinski definition) is 0. The van der Waals surface area contributed by atoms with Crippen LogP contribution in [0.4, 0.5) is 0 Å². The molecule has 0 amide bonds. The van der Waals surface area contributed by atoms with Gasteiger partial charge in [0, 0.05) is 12.3 Å². The van der Waals surface area contributed by atoms with Crippen LogP contribution in [0.25, 0.3) is 0 Å². The number of ether oxygens (including phenoxy) is 1. The first-order chi connectivity index (χ1) is 3.81. The maximum atomic E-state index is 10.2. The van der Waals surface area contributed by atoms with Crippen molar-refractivity contribution in [2.24, 2.45) is 0 Å². The quantitative estimate of drug-likeness (QED) is 0.431. The number of carbonyl (C=O) groups is 1. The lowest BCUT2D eigenvalue weighted by molar-refractivity contribution is -0.138. The maximum absolute atomic E-state index is 10.2. The van der Waals surface area contributed by atoms with Crippen molar-refractivity contribution in [1.29, 1.82) is 0 Å². The lowest BCUT2D eigenvalue weighted by Crippen LogP contribution is -1.97.